The third-order valence-electron chi connectivity index (χ3n) is 3.64. The number of carbonyl (C=O) groups excluding carboxylic acids is 1. The van der Waals surface area contributed by atoms with Gasteiger partial charge in [0.25, 0.3) is 0 Å². The summed E-state index contributed by atoms with van der Waals surface area (Å²) in [5.41, 5.74) is -0.676. The largest absolute Gasteiger partial charge is 0.465 e. The molecule has 19 heavy (non-hydrogen) atoms. The lowest BCUT2D eigenvalue weighted by molar-refractivity contribution is -0.151. The predicted octanol–water partition coefficient (Wildman–Crippen LogP) is 0.240. The molecule has 2 rings (SSSR count). The van der Waals surface area contributed by atoms with E-state index in [9.17, 15) is 4.79 Å². The fraction of sp³-hybridized carbons (Fsp3) is 0.692. The second-order valence-electron chi connectivity index (χ2n) is 5.05. The molecule has 1 aromatic rings. The van der Waals surface area contributed by atoms with Gasteiger partial charge in [-0.05, 0) is 20.9 Å². The van der Waals surface area contributed by atoms with Gasteiger partial charge in [-0.1, -0.05) is 0 Å². The molecule has 106 valence electrons. The van der Waals surface area contributed by atoms with Crippen molar-refractivity contribution in [2.24, 2.45) is 0 Å². The molecule has 1 unspecified atom stereocenters. The zero-order valence-corrected chi connectivity index (χ0v) is 11.8. The van der Waals surface area contributed by atoms with Crippen molar-refractivity contribution < 1.29 is 9.53 Å². The van der Waals surface area contributed by atoms with E-state index in [0.717, 1.165) is 25.5 Å². The molecule has 1 N–H and O–H groups in total. The van der Waals surface area contributed by atoms with Crippen molar-refractivity contribution >= 4 is 5.97 Å². The quantitative estimate of drug-likeness (QED) is 0.774. The highest BCUT2D eigenvalue weighted by atomic mass is 16.5. The van der Waals surface area contributed by atoms with Crippen molar-refractivity contribution in [1.82, 2.24) is 19.8 Å². The summed E-state index contributed by atoms with van der Waals surface area (Å²) in [4.78, 5) is 18.6. The van der Waals surface area contributed by atoms with Crippen LogP contribution in [0.5, 0.6) is 0 Å². The minimum atomic E-state index is -0.676. The fourth-order valence-corrected chi connectivity index (χ4v) is 2.34. The topological polar surface area (TPSA) is 59.4 Å². The van der Waals surface area contributed by atoms with Crippen molar-refractivity contribution in [3.05, 3.63) is 18.2 Å². The molecule has 0 aliphatic carbocycles. The van der Waals surface area contributed by atoms with Crippen LogP contribution < -0.4 is 5.32 Å². The molecule has 6 heteroatoms. The average Bonchev–Trinajstić information content (AvgIpc) is 2.86. The van der Waals surface area contributed by atoms with Gasteiger partial charge in [0.2, 0.25) is 0 Å². The van der Waals surface area contributed by atoms with Gasteiger partial charge in [-0.15, -0.1) is 0 Å². The molecule has 0 saturated carbocycles. The van der Waals surface area contributed by atoms with Crippen LogP contribution in [0.2, 0.25) is 0 Å². The zero-order valence-electron chi connectivity index (χ0n) is 11.8. The molecule has 0 fully saturated rings. The summed E-state index contributed by atoms with van der Waals surface area (Å²) in [5, 5.41) is 3.08. The minimum Gasteiger partial charge on any atom is -0.465 e. The molecule has 1 aromatic heterocycles. The molecule has 6 nitrogen and oxygen atoms in total. The van der Waals surface area contributed by atoms with E-state index in [1.807, 2.05) is 26.2 Å². The molecule has 0 bridgehead atoms. The van der Waals surface area contributed by atoms with Crippen LogP contribution >= 0.6 is 0 Å². The second kappa shape index (κ2) is 5.71. The summed E-state index contributed by atoms with van der Waals surface area (Å²) < 4.78 is 7.30. The van der Waals surface area contributed by atoms with E-state index in [1.54, 1.807) is 7.05 Å². The van der Waals surface area contributed by atoms with E-state index in [4.69, 9.17) is 4.74 Å². The van der Waals surface area contributed by atoms with Gasteiger partial charge in [-0.2, -0.15) is 0 Å². The number of nitrogens with one attached hydrogen (secondary N) is 1. The normalized spacial score (nSPS) is 18.7. The number of imidazole rings is 1. The van der Waals surface area contributed by atoms with Gasteiger partial charge >= 0.3 is 5.97 Å². The van der Waals surface area contributed by atoms with E-state index in [-0.39, 0.29) is 5.97 Å². The highest BCUT2D eigenvalue weighted by Gasteiger charge is 2.36. The smallest absolute Gasteiger partial charge is 0.327 e. The highest BCUT2D eigenvalue weighted by molar-refractivity contribution is 5.80. The number of likely N-dealkylation sites (N-methyl/N-ethyl adjacent to an activating group) is 1. The van der Waals surface area contributed by atoms with Gasteiger partial charge in [-0.25, -0.2) is 4.98 Å². The van der Waals surface area contributed by atoms with Crippen LogP contribution in [-0.4, -0.2) is 52.7 Å². The predicted molar refractivity (Wildman–Crippen MR) is 71.6 cm³/mol. The second-order valence-corrected chi connectivity index (χ2v) is 5.05. The molecule has 2 heterocycles. The summed E-state index contributed by atoms with van der Waals surface area (Å²) in [6.45, 7) is 7.33. The first kappa shape index (κ1) is 14.0. The van der Waals surface area contributed by atoms with E-state index >= 15 is 0 Å². The molecule has 0 spiro atoms. The maximum atomic E-state index is 12.0. The number of hydrogen-bond acceptors (Lipinski definition) is 5. The van der Waals surface area contributed by atoms with Crippen LogP contribution in [0.1, 0.15) is 19.7 Å². The Morgan fingerprint density at radius 1 is 1.58 bits per heavy atom. The first-order valence-electron chi connectivity index (χ1n) is 6.67. The highest BCUT2D eigenvalue weighted by Crippen LogP contribution is 2.15. The first-order chi connectivity index (χ1) is 9.09. The number of carbonyl (C=O) groups is 1. The standard InChI is InChI=1S/C13H22N4O2/c1-4-19-12(18)13(2,14-3)10-16-7-8-17-6-5-15-11(17)9-16/h5-6,14H,4,7-10H2,1-3H3. The number of ether oxygens (including phenoxy) is 1. The van der Waals surface area contributed by atoms with Crippen molar-refractivity contribution in [2.75, 3.05) is 26.7 Å². The third-order valence-corrected chi connectivity index (χ3v) is 3.64. The van der Waals surface area contributed by atoms with Crippen LogP contribution in [0.3, 0.4) is 0 Å². The Hall–Kier alpha value is -1.40. The number of hydrogen-bond donors (Lipinski definition) is 1. The molecule has 0 aromatic carbocycles. The summed E-state index contributed by atoms with van der Waals surface area (Å²) in [7, 11) is 1.79. The van der Waals surface area contributed by atoms with Gasteiger partial charge in [0.15, 0.2) is 0 Å². The van der Waals surface area contributed by atoms with Crippen LogP contribution in [0, 0.1) is 0 Å². The van der Waals surface area contributed by atoms with Crippen molar-refractivity contribution in [3.8, 4) is 0 Å². The van der Waals surface area contributed by atoms with Gasteiger partial charge in [0.1, 0.15) is 11.4 Å². The Balaban J connectivity index is 2.02. The average molecular weight is 266 g/mol. The Kier molecular flexibility index (Phi) is 4.21. The van der Waals surface area contributed by atoms with Crippen LogP contribution in [-0.2, 0) is 22.6 Å². The molecular weight excluding hydrogens is 244 g/mol. The monoisotopic (exact) mass is 266 g/mol. The first-order valence-corrected chi connectivity index (χ1v) is 6.67. The van der Waals surface area contributed by atoms with Gasteiger partial charge in [-0.3, -0.25) is 9.69 Å². The summed E-state index contributed by atoms with van der Waals surface area (Å²) in [6.07, 6.45) is 3.82. The third kappa shape index (κ3) is 2.96. The molecule has 0 saturated heterocycles. The molecule has 1 aliphatic heterocycles. The molecule has 1 atom stereocenters. The molecule has 0 radical (unpaired) electrons. The summed E-state index contributed by atoms with van der Waals surface area (Å²) >= 11 is 0. The van der Waals surface area contributed by atoms with Gasteiger partial charge in [0.05, 0.1) is 13.2 Å². The number of fused-ring (bicyclic) bond motifs is 1. The van der Waals surface area contributed by atoms with E-state index in [2.05, 4.69) is 19.8 Å². The van der Waals surface area contributed by atoms with Gasteiger partial charge in [0, 0.05) is 32.0 Å². The van der Waals surface area contributed by atoms with Crippen LogP contribution in [0.15, 0.2) is 12.4 Å². The van der Waals surface area contributed by atoms with Crippen molar-refractivity contribution in [1.29, 1.82) is 0 Å². The van der Waals surface area contributed by atoms with Crippen molar-refractivity contribution in [3.63, 3.8) is 0 Å². The lowest BCUT2D eigenvalue weighted by Crippen LogP contribution is -2.57. The Morgan fingerprint density at radius 3 is 3.05 bits per heavy atom. The lowest BCUT2D eigenvalue weighted by atomic mass is 10.0. The Bertz CT molecular complexity index is 446. The van der Waals surface area contributed by atoms with E-state index < -0.39 is 5.54 Å². The Morgan fingerprint density at radius 2 is 2.37 bits per heavy atom. The van der Waals surface area contributed by atoms with Crippen LogP contribution in [0.25, 0.3) is 0 Å². The summed E-state index contributed by atoms with van der Waals surface area (Å²) in [6, 6.07) is 0. The number of aromatic nitrogens is 2. The van der Waals surface area contributed by atoms with E-state index in [1.165, 1.54) is 0 Å². The maximum Gasteiger partial charge on any atom is 0.327 e. The minimum absolute atomic E-state index is 0.202. The Labute approximate surface area is 113 Å². The van der Waals surface area contributed by atoms with E-state index in [0.29, 0.717) is 13.2 Å². The number of nitrogens with zero attached hydrogens (tertiary/aromatic N) is 3. The van der Waals surface area contributed by atoms with Crippen molar-refractivity contribution in [2.45, 2.75) is 32.5 Å². The SMILES string of the molecule is CCOC(=O)C(C)(CN1CCn2ccnc2C1)NC. The zero-order chi connectivity index (χ0) is 13.9. The molecule has 1 aliphatic rings. The lowest BCUT2D eigenvalue weighted by Gasteiger charge is -2.35. The number of rotatable bonds is 5. The van der Waals surface area contributed by atoms with Crippen LogP contribution in [0.4, 0.5) is 0 Å². The molecule has 0 amide bonds. The summed E-state index contributed by atoms with van der Waals surface area (Å²) in [5.74, 6) is 0.847. The maximum absolute atomic E-state index is 12.0. The molecular formula is C13H22N4O2. The fourth-order valence-electron chi connectivity index (χ4n) is 2.34. The number of esters is 1. The van der Waals surface area contributed by atoms with Gasteiger partial charge < -0.3 is 14.6 Å².